The molecular weight excluding hydrogens is 465 g/mol. The molecule has 1 saturated heterocycles. The van der Waals surface area contributed by atoms with Crippen molar-refractivity contribution >= 4 is 13.5 Å². The number of aromatic amines is 1. The number of aliphatic hydroxyl groups excluding tert-OH is 1. The van der Waals surface area contributed by atoms with Crippen LogP contribution in [0, 0.1) is 22.0 Å². The largest absolute Gasteiger partial charge is 0.481 e. The molecule has 1 aliphatic rings. The van der Waals surface area contributed by atoms with E-state index in [2.05, 4.69) is 21.3 Å². The molecular formula is C18H18N3O11P. The number of aromatic nitrogens is 2. The minimum Gasteiger partial charge on any atom is -0.481 e. The Balaban J connectivity index is 1.68. The standard InChI is InChI=1S/C18H18N3O11P/c22-14-8-16(32-15(14)10-31-33(27,28)29)20-9-11(17(23)19-18(20)24)2-1-7-30-13-5-3-12(4-6-13)21(25)26/h3-6,9,14-16,22H,7-8,10H2,(H,19,23,24)(H2,27,28,29)/t14-,15+,16+/m0/s1. The lowest BCUT2D eigenvalue weighted by Gasteiger charge is -2.16. The molecule has 0 spiro atoms. The average molecular weight is 483 g/mol. The Labute approximate surface area is 184 Å². The molecule has 14 nitrogen and oxygen atoms in total. The SMILES string of the molecule is O=c1[nH]c(=O)n([C@H]2C[C@H](O)[C@@H](COP(=O)(O)O)O2)cc1C#CCOc1ccc([N+](=O)[O-])cc1. The number of nitro benzene ring substituents is 1. The van der Waals surface area contributed by atoms with Crippen LogP contribution in [0.25, 0.3) is 0 Å². The summed E-state index contributed by atoms with van der Waals surface area (Å²) in [5, 5.41) is 20.7. The summed E-state index contributed by atoms with van der Waals surface area (Å²) < 4.78 is 26.9. The fourth-order valence-corrected chi connectivity index (χ4v) is 3.25. The number of benzene rings is 1. The Bertz CT molecular complexity index is 1240. The molecule has 0 amide bonds. The number of phosphoric ester groups is 1. The third-order valence-electron chi connectivity index (χ3n) is 4.47. The van der Waals surface area contributed by atoms with Crippen LogP contribution < -0.4 is 16.0 Å². The molecule has 0 radical (unpaired) electrons. The van der Waals surface area contributed by atoms with Crippen molar-refractivity contribution in [3.8, 4) is 17.6 Å². The molecule has 0 bridgehead atoms. The maximum Gasteiger partial charge on any atom is 0.469 e. The number of ether oxygens (including phenoxy) is 2. The number of non-ortho nitro benzene ring substituents is 1. The van der Waals surface area contributed by atoms with E-state index in [1.165, 1.54) is 24.3 Å². The van der Waals surface area contributed by atoms with E-state index >= 15 is 0 Å². The summed E-state index contributed by atoms with van der Waals surface area (Å²) in [6.45, 7) is -0.760. The zero-order chi connectivity index (χ0) is 24.2. The van der Waals surface area contributed by atoms with Gasteiger partial charge in [-0.25, -0.2) is 9.36 Å². The van der Waals surface area contributed by atoms with E-state index in [4.69, 9.17) is 19.3 Å². The van der Waals surface area contributed by atoms with Crippen molar-refractivity contribution in [2.45, 2.75) is 24.9 Å². The number of nitro groups is 1. The molecule has 2 aromatic rings. The number of rotatable bonds is 7. The van der Waals surface area contributed by atoms with Crippen LogP contribution >= 0.6 is 7.82 Å². The minimum absolute atomic E-state index is 0.0999. The predicted molar refractivity (Wildman–Crippen MR) is 109 cm³/mol. The van der Waals surface area contributed by atoms with Gasteiger partial charge in [-0.05, 0) is 12.1 Å². The molecule has 2 heterocycles. The summed E-state index contributed by atoms with van der Waals surface area (Å²) in [5.74, 6) is 5.45. The van der Waals surface area contributed by atoms with Gasteiger partial charge in [0.15, 0.2) is 0 Å². The molecule has 1 aliphatic heterocycles. The van der Waals surface area contributed by atoms with Gasteiger partial charge in [-0.1, -0.05) is 11.8 Å². The summed E-state index contributed by atoms with van der Waals surface area (Å²) in [5.41, 5.74) is -1.80. The van der Waals surface area contributed by atoms with Crippen molar-refractivity contribution in [3.63, 3.8) is 0 Å². The number of nitrogens with one attached hydrogen (secondary N) is 1. The second-order valence-electron chi connectivity index (χ2n) is 6.77. The fraction of sp³-hybridized carbons (Fsp3) is 0.333. The van der Waals surface area contributed by atoms with Crippen molar-refractivity contribution in [1.29, 1.82) is 0 Å². The van der Waals surface area contributed by atoms with E-state index in [0.29, 0.717) is 5.75 Å². The number of phosphoric acid groups is 1. The lowest BCUT2D eigenvalue weighted by Crippen LogP contribution is -2.33. The molecule has 3 atom stereocenters. The molecule has 1 aromatic carbocycles. The highest BCUT2D eigenvalue weighted by atomic mass is 31.2. The topological polar surface area (TPSA) is 203 Å². The quantitative estimate of drug-likeness (QED) is 0.173. The summed E-state index contributed by atoms with van der Waals surface area (Å²) in [6.07, 6.45) is -2.29. The fourth-order valence-electron chi connectivity index (χ4n) is 2.91. The third-order valence-corrected chi connectivity index (χ3v) is 4.96. The van der Waals surface area contributed by atoms with E-state index in [9.17, 15) is 29.4 Å². The predicted octanol–water partition coefficient (Wildman–Crippen LogP) is -0.367. The zero-order valence-electron chi connectivity index (χ0n) is 16.7. The minimum atomic E-state index is -4.77. The Morgan fingerprint density at radius 2 is 2.00 bits per heavy atom. The van der Waals surface area contributed by atoms with Gasteiger partial charge in [-0.15, -0.1) is 0 Å². The van der Waals surface area contributed by atoms with Crippen molar-refractivity contribution in [3.05, 3.63) is 67.0 Å². The van der Waals surface area contributed by atoms with Crippen LogP contribution in [-0.4, -0.2) is 54.8 Å². The van der Waals surface area contributed by atoms with Gasteiger partial charge in [-0.3, -0.25) is 29.0 Å². The van der Waals surface area contributed by atoms with Gasteiger partial charge >= 0.3 is 13.5 Å². The lowest BCUT2D eigenvalue weighted by molar-refractivity contribution is -0.384. The van der Waals surface area contributed by atoms with Gasteiger partial charge in [0, 0.05) is 24.8 Å². The molecule has 1 fully saturated rings. The molecule has 0 aliphatic carbocycles. The van der Waals surface area contributed by atoms with E-state index in [1.54, 1.807) is 0 Å². The van der Waals surface area contributed by atoms with E-state index in [1.807, 2.05) is 0 Å². The van der Waals surface area contributed by atoms with Crippen molar-refractivity contribution < 1.29 is 38.4 Å². The highest BCUT2D eigenvalue weighted by Crippen LogP contribution is 2.38. The lowest BCUT2D eigenvalue weighted by atomic mass is 10.2. The molecule has 0 saturated carbocycles. The Kier molecular flexibility index (Phi) is 7.44. The highest BCUT2D eigenvalue weighted by Gasteiger charge is 2.37. The number of hydrogen-bond acceptors (Lipinski definition) is 9. The first-order valence-corrected chi connectivity index (χ1v) is 10.8. The Hall–Kier alpha value is -3.31. The second-order valence-corrected chi connectivity index (χ2v) is 8.01. The van der Waals surface area contributed by atoms with Crippen molar-refractivity contribution in [2.75, 3.05) is 13.2 Å². The van der Waals surface area contributed by atoms with Crippen molar-refractivity contribution in [1.82, 2.24) is 9.55 Å². The highest BCUT2D eigenvalue weighted by molar-refractivity contribution is 7.46. The molecule has 15 heteroatoms. The van der Waals surface area contributed by atoms with Gasteiger partial charge in [0.05, 0.1) is 17.6 Å². The Morgan fingerprint density at radius 3 is 2.64 bits per heavy atom. The summed E-state index contributed by atoms with van der Waals surface area (Å²) in [6, 6.07) is 5.31. The molecule has 4 N–H and O–H groups in total. The maximum atomic E-state index is 12.2. The van der Waals surface area contributed by atoms with Gasteiger partial charge in [0.25, 0.3) is 11.2 Å². The normalized spacial score (nSPS) is 20.2. The molecule has 1 aromatic heterocycles. The summed E-state index contributed by atoms with van der Waals surface area (Å²) >= 11 is 0. The van der Waals surface area contributed by atoms with Gasteiger partial charge in [-0.2, -0.15) is 0 Å². The summed E-state index contributed by atoms with van der Waals surface area (Å²) in [7, 11) is -4.77. The molecule has 3 rings (SSSR count). The van der Waals surface area contributed by atoms with E-state index in [-0.39, 0.29) is 24.3 Å². The monoisotopic (exact) mass is 483 g/mol. The van der Waals surface area contributed by atoms with Crippen LogP contribution in [0.2, 0.25) is 0 Å². The van der Waals surface area contributed by atoms with Crippen LogP contribution in [0.1, 0.15) is 18.2 Å². The van der Waals surface area contributed by atoms with Crippen LogP contribution in [0.3, 0.4) is 0 Å². The first-order chi connectivity index (χ1) is 15.5. The van der Waals surface area contributed by atoms with Crippen LogP contribution in [-0.2, 0) is 13.8 Å². The first-order valence-electron chi connectivity index (χ1n) is 9.28. The van der Waals surface area contributed by atoms with Gasteiger partial charge in [0.2, 0.25) is 0 Å². The zero-order valence-corrected chi connectivity index (χ0v) is 17.6. The number of nitrogens with zero attached hydrogens (tertiary/aromatic N) is 2. The van der Waals surface area contributed by atoms with Crippen LogP contribution in [0.15, 0.2) is 40.1 Å². The Morgan fingerprint density at radius 1 is 1.30 bits per heavy atom. The maximum absolute atomic E-state index is 12.2. The number of hydrogen-bond donors (Lipinski definition) is 4. The van der Waals surface area contributed by atoms with Crippen molar-refractivity contribution in [2.24, 2.45) is 0 Å². The average Bonchev–Trinajstić information content (AvgIpc) is 3.11. The van der Waals surface area contributed by atoms with E-state index < -0.39 is 49.0 Å². The first kappa shape index (κ1) is 24.3. The van der Waals surface area contributed by atoms with Gasteiger partial charge < -0.3 is 24.4 Å². The molecule has 176 valence electrons. The van der Waals surface area contributed by atoms with E-state index in [0.717, 1.165) is 10.8 Å². The van der Waals surface area contributed by atoms with Crippen LogP contribution in [0.5, 0.6) is 5.75 Å². The molecule has 0 unspecified atom stereocenters. The number of H-pyrrole nitrogens is 1. The second kappa shape index (κ2) is 10.1. The molecule has 33 heavy (non-hydrogen) atoms. The van der Waals surface area contributed by atoms with Crippen LogP contribution in [0.4, 0.5) is 5.69 Å². The van der Waals surface area contributed by atoms with Gasteiger partial charge in [0.1, 0.15) is 30.3 Å². The summed E-state index contributed by atoms with van der Waals surface area (Å²) in [4.78, 5) is 53.9. The third kappa shape index (κ3) is 6.59. The number of aliphatic hydroxyl groups is 1. The smallest absolute Gasteiger partial charge is 0.469 e.